The maximum Gasteiger partial charge on any atom is 0.346 e. The van der Waals surface area contributed by atoms with Gasteiger partial charge in [0.15, 0.2) is 0 Å². The van der Waals surface area contributed by atoms with E-state index < -0.39 is 11.7 Å². The highest BCUT2D eigenvalue weighted by Gasteiger charge is 2.05. The Labute approximate surface area is 98.6 Å². The number of amides is 2. The standard InChI is InChI=1S/C7H8BrClN4O2/c8-4-3-11-7(15)13-5(4)12-6(14)10-2-1-9/h3H,1-2H2,(H3,10,11,12,13,14,15). The lowest BCUT2D eigenvalue weighted by atomic mass is 10.6. The smallest absolute Gasteiger partial charge is 0.337 e. The van der Waals surface area contributed by atoms with Crippen LogP contribution in [0.3, 0.4) is 0 Å². The second kappa shape index (κ2) is 5.72. The zero-order valence-corrected chi connectivity index (χ0v) is 9.85. The van der Waals surface area contributed by atoms with Crippen LogP contribution in [0, 0.1) is 0 Å². The first-order valence-corrected chi connectivity index (χ1v) is 5.32. The average Bonchev–Trinajstić information content (AvgIpc) is 2.20. The molecule has 1 aromatic heterocycles. The highest BCUT2D eigenvalue weighted by Crippen LogP contribution is 2.15. The SMILES string of the molecule is O=C(NCCCl)Nc1[nH]c(=O)ncc1Br. The molecule has 0 saturated heterocycles. The van der Waals surface area contributed by atoms with Crippen molar-refractivity contribution in [3.8, 4) is 0 Å². The van der Waals surface area contributed by atoms with E-state index in [0.29, 0.717) is 16.9 Å². The molecule has 1 heterocycles. The van der Waals surface area contributed by atoms with Gasteiger partial charge in [0, 0.05) is 12.4 Å². The molecule has 0 aliphatic carbocycles. The number of hydrogen-bond acceptors (Lipinski definition) is 3. The number of aromatic nitrogens is 2. The van der Waals surface area contributed by atoms with Crippen LogP contribution < -0.4 is 16.3 Å². The van der Waals surface area contributed by atoms with Crippen LogP contribution in [0.4, 0.5) is 10.6 Å². The Balaban J connectivity index is 2.67. The summed E-state index contributed by atoms with van der Waals surface area (Å²) < 4.78 is 0.489. The molecule has 0 spiro atoms. The zero-order chi connectivity index (χ0) is 11.3. The summed E-state index contributed by atoms with van der Waals surface area (Å²) in [6, 6.07) is -0.446. The quantitative estimate of drug-likeness (QED) is 0.724. The first-order valence-electron chi connectivity index (χ1n) is 3.99. The number of urea groups is 1. The van der Waals surface area contributed by atoms with Gasteiger partial charge in [0.25, 0.3) is 0 Å². The predicted molar refractivity (Wildman–Crippen MR) is 60.3 cm³/mol. The van der Waals surface area contributed by atoms with Gasteiger partial charge < -0.3 is 5.32 Å². The molecule has 0 fully saturated rings. The van der Waals surface area contributed by atoms with E-state index in [1.54, 1.807) is 0 Å². The van der Waals surface area contributed by atoms with Crippen molar-refractivity contribution in [2.45, 2.75) is 0 Å². The van der Waals surface area contributed by atoms with Crippen molar-refractivity contribution < 1.29 is 4.79 Å². The third kappa shape index (κ3) is 3.88. The maximum atomic E-state index is 11.2. The summed E-state index contributed by atoms with van der Waals surface area (Å²) in [5.41, 5.74) is -0.536. The molecule has 1 rings (SSSR count). The van der Waals surface area contributed by atoms with Crippen LogP contribution in [-0.2, 0) is 0 Å². The summed E-state index contributed by atoms with van der Waals surface area (Å²) in [4.78, 5) is 27.9. The van der Waals surface area contributed by atoms with Crippen molar-refractivity contribution in [2.24, 2.45) is 0 Å². The fraction of sp³-hybridized carbons (Fsp3) is 0.286. The Bertz CT molecular complexity index is 408. The van der Waals surface area contributed by atoms with Crippen LogP contribution in [0.1, 0.15) is 0 Å². The number of hydrogen-bond donors (Lipinski definition) is 3. The van der Waals surface area contributed by atoms with Crippen LogP contribution in [0.5, 0.6) is 0 Å². The molecule has 3 N–H and O–H groups in total. The monoisotopic (exact) mass is 294 g/mol. The maximum absolute atomic E-state index is 11.2. The van der Waals surface area contributed by atoms with Crippen LogP contribution in [0.25, 0.3) is 0 Å². The van der Waals surface area contributed by atoms with E-state index in [1.165, 1.54) is 6.20 Å². The number of rotatable bonds is 3. The fourth-order valence-corrected chi connectivity index (χ4v) is 1.18. The second-order valence-corrected chi connectivity index (χ2v) is 3.71. The van der Waals surface area contributed by atoms with Gasteiger partial charge in [0.05, 0.1) is 10.7 Å². The topological polar surface area (TPSA) is 86.9 Å². The third-order valence-electron chi connectivity index (χ3n) is 1.38. The summed E-state index contributed by atoms with van der Waals surface area (Å²) >= 11 is 8.51. The normalized spacial score (nSPS) is 9.73. The molecule has 1 aromatic rings. The Morgan fingerprint density at radius 3 is 3.07 bits per heavy atom. The summed E-state index contributed by atoms with van der Waals surface area (Å²) in [6.45, 7) is 0.348. The molecule has 6 nitrogen and oxygen atoms in total. The Morgan fingerprint density at radius 2 is 2.40 bits per heavy atom. The molecule has 82 valence electrons. The average molecular weight is 296 g/mol. The van der Waals surface area contributed by atoms with Gasteiger partial charge in [0.2, 0.25) is 0 Å². The van der Waals surface area contributed by atoms with E-state index in [4.69, 9.17) is 11.6 Å². The van der Waals surface area contributed by atoms with E-state index >= 15 is 0 Å². The molecule has 0 aromatic carbocycles. The van der Waals surface area contributed by atoms with Gasteiger partial charge in [0.1, 0.15) is 5.82 Å². The van der Waals surface area contributed by atoms with Gasteiger partial charge in [-0.3, -0.25) is 10.3 Å². The number of H-pyrrole nitrogens is 1. The summed E-state index contributed by atoms with van der Waals surface area (Å²) in [5, 5.41) is 4.92. The molecule has 0 aliphatic rings. The van der Waals surface area contributed by atoms with Gasteiger partial charge in [-0.2, -0.15) is 0 Å². The zero-order valence-electron chi connectivity index (χ0n) is 7.51. The molecule has 0 bridgehead atoms. The number of alkyl halides is 1. The molecule has 0 radical (unpaired) electrons. The number of aromatic amines is 1. The van der Waals surface area contributed by atoms with Crippen LogP contribution in [-0.4, -0.2) is 28.4 Å². The largest absolute Gasteiger partial charge is 0.346 e. The number of nitrogens with one attached hydrogen (secondary N) is 3. The molecule has 15 heavy (non-hydrogen) atoms. The molecule has 0 atom stereocenters. The van der Waals surface area contributed by atoms with Crippen molar-refractivity contribution in [2.75, 3.05) is 17.7 Å². The van der Waals surface area contributed by atoms with Gasteiger partial charge >= 0.3 is 11.7 Å². The van der Waals surface area contributed by atoms with Crippen molar-refractivity contribution in [3.63, 3.8) is 0 Å². The van der Waals surface area contributed by atoms with Crippen molar-refractivity contribution in [1.82, 2.24) is 15.3 Å². The van der Waals surface area contributed by atoms with E-state index in [9.17, 15) is 9.59 Å². The van der Waals surface area contributed by atoms with Gasteiger partial charge in [-0.1, -0.05) is 0 Å². The van der Waals surface area contributed by atoms with Crippen molar-refractivity contribution in [3.05, 3.63) is 21.2 Å². The fourth-order valence-electron chi connectivity index (χ4n) is 0.788. The third-order valence-corrected chi connectivity index (χ3v) is 2.17. The number of nitrogens with zero attached hydrogens (tertiary/aromatic N) is 1. The van der Waals surface area contributed by atoms with Crippen LogP contribution in [0.15, 0.2) is 15.5 Å². The molecule has 0 aliphatic heterocycles. The lowest BCUT2D eigenvalue weighted by Gasteiger charge is -2.06. The minimum atomic E-state index is -0.536. The van der Waals surface area contributed by atoms with E-state index in [1.807, 2.05) is 0 Å². The molecular formula is C7H8BrClN4O2. The summed E-state index contributed by atoms with van der Waals surface area (Å²) in [5.74, 6) is 0.573. The lowest BCUT2D eigenvalue weighted by Crippen LogP contribution is -2.31. The number of carbonyl (C=O) groups excluding carboxylic acids is 1. The first-order chi connectivity index (χ1) is 7.13. The molecule has 2 amide bonds. The van der Waals surface area contributed by atoms with Crippen LogP contribution >= 0.6 is 27.5 Å². The first kappa shape index (κ1) is 12.0. The molecule has 0 unspecified atom stereocenters. The van der Waals surface area contributed by atoms with Gasteiger partial charge in [-0.05, 0) is 15.9 Å². The minimum absolute atomic E-state index is 0.252. The molecular weight excluding hydrogens is 287 g/mol. The van der Waals surface area contributed by atoms with Crippen molar-refractivity contribution >= 4 is 39.4 Å². The number of anilines is 1. The van der Waals surface area contributed by atoms with Gasteiger partial charge in [-0.25, -0.2) is 14.6 Å². The van der Waals surface area contributed by atoms with Crippen LogP contribution in [0.2, 0.25) is 0 Å². The molecule has 0 saturated carbocycles. The van der Waals surface area contributed by atoms with Gasteiger partial charge in [-0.15, -0.1) is 11.6 Å². The highest BCUT2D eigenvalue weighted by molar-refractivity contribution is 9.10. The Kier molecular flexibility index (Phi) is 4.57. The summed E-state index contributed by atoms with van der Waals surface area (Å²) in [6.07, 6.45) is 1.30. The highest BCUT2D eigenvalue weighted by atomic mass is 79.9. The Hall–Kier alpha value is -1.08. The summed E-state index contributed by atoms with van der Waals surface area (Å²) in [7, 11) is 0. The van der Waals surface area contributed by atoms with Crippen molar-refractivity contribution in [1.29, 1.82) is 0 Å². The predicted octanol–water partition coefficient (Wildman–Crippen LogP) is 0.893. The number of halogens is 2. The molecule has 8 heteroatoms. The van der Waals surface area contributed by atoms with E-state index in [-0.39, 0.29) is 5.82 Å². The lowest BCUT2D eigenvalue weighted by molar-refractivity contribution is 0.252. The second-order valence-electron chi connectivity index (χ2n) is 2.48. The van der Waals surface area contributed by atoms with E-state index in [2.05, 4.69) is 36.5 Å². The number of carbonyl (C=O) groups is 1. The van der Waals surface area contributed by atoms with E-state index in [0.717, 1.165) is 0 Å². The Morgan fingerprint density at radius 1 is 1.67 bits per heavy atom. The minimum Gasteiger partial charge on any atom is -0.337 e.